The smallest absolute Gasteiger partial charge is 0.352 e. The van der Waals surface area contributed by atoms with Crippen LogP contribution in [0.15, 0.2) is 46.1 Å². The number of nitrogens with zero attached hydrogens (tertiary/aromatic N) is 3. The minimum Gasteiger partial charge on any atom is -0.477 e. The minimum absolute atomic E-state index is 0.154. The van der Waals surface area contributed by atoms with E-state index in [4.69, 9.17) is 10.6 Å². The van der Waals surface area contributed by atoms with E-state index in [-0.39, 0.29) is 34.4 Å². The molecule has 196 valence electrons. The normalized spacial score (nSPS) is 19.7. The van der Waals surface area contributed by atoms with E-state index in [9.17, 15) is 27.9 Å². The molecule has 2 amide bonds. The number of hydrogen-bond donors (Lipinski definition) is 4. The number of nitrogens with two attached hydrogens (primary N) is 1. The Morgan fingerprint density at radius 3 is 2.76 bits per heavy atom. The maximum atomic E-state index is 13.0. The van der Waals surface area contributed by atoms with E-state index in [1.807, 2.05) is 0 Å². The summed E-state index contributed by atoms with van der Waals surface area (Å²) in [4.78, 5) is 47.9. The molecule has 1 aromatic heterocycles. The number of carboxylic acids is 1. The maximum Gasteiger partial charge on any atom is 0.352 e. The van der Waals surface area contributed by atoms with Crippen molar-refractivity contribution >= 4 is 67.4 Å². The van der Waals surface area contributed by atoms with Crippen molar-refractivity contribution in [2.45, 2.75) is 17.8 Å². The average Bonchev–Trinajstić information content (AvgIpc) is 3.25. The quantitative estimate of drug-likeness (QED) is 0.188. The van der Waals surface area contributed by atoms with E-state index in [1.54, 1.807) is 24.3 Å². The second kappa shape index (κ2) is 10.4. The van der Waals surface area contributed by atoms with Gasteiger partial charge in [-0.3, -0.25) is 19.2 Å². The molecule has 2 atom stereocenters. The van der Waals surface area contributed by atoms with E-state index in [0.29, 0.717) is 16.8 Å². The molecule has 0 aliphatic carbocycles. The van der Waals surface area contributed by atoms with Crippen LogP contribution in [-0.4, -0.2) is 77.4 Å². The number of carboxylic acid groups (broad SMARTS) is 1. The van der Waals surface area contributed by atoms with Crippen molar-refractivity contribution in [2.24, 2.45) is 5.16 Å². The summed E-state index contributed by atoms with van der Waals surface area (Å²) in [6.45, 7) is 0. The SMILES string of the molecule is CON=C(C(=O)NC1C(=O)N2C(C(=O)O)=C(Cc3cccc(NS(C)(=O)=O)c3)CSC12)c1csc(N)n1. The third-order valence-electron chi connectivity index (χ3n) is 5.35. The van der Waals surface area contributed by atoms with Crippen LogP contribution in [0.25, 0.3) is 0 Å². The summed E-state index contributed by atoms with van der Waals surface area (Å²) in [7, 11) is -2.22. The lowest BCUT2D eigenvalue weighted by atomic mass is 9.98. The summed E-state index contributed by atoms with van der Waals surface area (Å²) in [5, 5.41) is 17.3. The van der Waals surface area contributed by atoms with Gasteiger partial charge in [-0.25, -0.2) is 18.2 Å². The summed E-state index contributed by atoms with van der Waals surface area (Å²) in [5.74, 6) is -2.29. The highest BCUT2D eigenvalue weighted by atomic mass is 32.2. The Morgan fingerprint density at radius 1 is 1.38 bits per heavy atom. The van der Waals surface area contributed by atoms with Gasteiger partial charge in [0.25, 0.3) is 11.8 Å². The number of fused-ring (bicyclic) bond motifs is 1. The van der Waals surface area contributed by atoms with Crippen molar-refractivity contribution in [3.8, 4) is 0 Å². The number of aliphatic carboxylic acids is 1. The molecule has 0 bridgehead atoms. The summed E-state index contributed by atoms with van der Waals surface area (Å²) in [6, 6.07) is 5.59. The van der Waals surface area contributed by atoms with Crippen LogP contribution in [0.3, 0.4) is 0 Å². The lowest BCUT2D eigenvalue weighted by Gasteiger charge is -2.49. The van der Waals surface area contributed by atoms with E-state index in [1.165, 1.54) is 24.3 Å². The maximum absolute atomic E-state index is 13.0. The van der Waals surface area contributed by atoms with Crippen molar-refractivity contribution in [3.63, 3.8) is 0 Å². The number of thioether (sulfide) groups is 1. The standard InChI is InChI=1S/C21H22N6O7S3/c1-34-25-14(13-9-36-21(22)23-13)17(28)24-15-18(29)27-16(20(30)31)11(8-35-19(15)27)6-10-4-3-5-12(7-10)26-37(2,32)33/h3-5,7,9,15,19,26H,6,8H2,1-2H3,(H2,22,23)(H,24,28)(H,30,31). The highest BCUT2D eigenvalue weighted by Crippen LogP contribution is 2.41. The van der Waals surface area contributed by atoms with Crippen molar-refractivity contribution in [1.29, 1.82) is 0 Å². The molecule has 1 saturated heterocycles. The molecule has 16 heteroatoms. The van der Waals surface area contributed by atoms with Gasteiger partial charge in [0, 0.05) is 16.8 Å². The zero-order valence-electron chi connectivity index (χ0n) is 19.5. The first-order valence-electron chi connectivity index (χ1n) is 10.6. The molecule has 5 N–H and O–H groups in total. The summed E-state index contributed by atoms with van der Waals surface area (Å²) in [6.07, 6.45) is 1.22. The number of oxime groups is 1. The number of carbonyl (C=O) groups is 3. The molecule has 2 aliphatic rings. The lowest BCUT2D eigenvalue weighted by Crippen LogP contribution is -2.71. The van der Waals surface area contributed by atoms with Crippen LogP contribution < -0.4 is 15.8 Å². The van der Waals surface area contributed by atoms with Crippen LogP contribution >= 0.6 is 23.1 Å². The van der Waals surface area contributed by atoms with Crippen LogP contribution in [0.2, 0.25) is 0 Å². The van der Waals surface area contributed by atoms with Crippen LogP contribution in [0.4, 0.5) is 10.8 Å². The molecule has 1 fully saturated rings. The third-order valence-corrected chi connectivity index (χ3v) is 7.97. The molecule has 2 aromatic rings. The van der Waals surface area contributed by atoms with Gasteiger partial charge in [-0.1, -0.05) is 17.3 Å². The highest BCUT2D eigenvalue weighted by Gasteiger charge is 2.54. The number of aromatic nitrogens is 1. The zero-order chi connectivity index (χ0) is 26.9. The molecule has 37 heavy (non-hydrogen) atoms. The molecular formula is C21H22N6O7S3. The van der Waals surface area contributed by atoms with E-state index in [2.05, 4.69) is 20.2 Å². The Bertz CT molecular complexity index is 1440. The number of anilines is 2. The number of nitrogens with one attached hydrogen (secondary N) is 2. The van der Waals surface area contributed by atoms with Gasteiger partial charge in [0.1, 0.15) is 29.9 Å². The number of amides is 2. The first kappa shape index (κ1) is 26.4. The predicted octanol–water partition coefficient (Wildman–Crippen LogP) is 0.429. The monoisotopic (exact) mass is 566 g/mol. The molecule has 13 nitrogen and oxygen atoms in total. The summed E-state index contributed by atoms with van der Waals surface area (Å²) in [5.41, 5.74) is 7.00. The number of nitrogen functional groups attached to an aromatic ring is 1. The number of benzene rings is 1. The molecule has 2 unspecified atom stereocenters. The Labute approximate surface area is 219 Å². The fourth-order valence-corrected chi connectivity index (χ4v) is 6.38. The minimum atomic E-state index is -3.48. The van der Waals surface area contributed by atoms with Crippen molar-refractivity contribution in [1.82, 2.24) is 15.2 Å². The first-order chi connectivity index (χ1) is 17.5. The molecule has 2 aliphatic heterocycles. The third kappa shape index (κ3) is 5.70. The topological polar surface area (TPSA) is 193 Å². The number of sulfonamides is 1. The molecule has 4 rings (SSSR count). The van der Waals surface area contributed by atoms with Gasteiger partial charge in [0.05, 0.1) is 6.26 Å². The highest BCUT2D eigenvalue weighted by molar-refractivity contribution is 8.00. The Balaban J connectivity index is 1.53. The van der Waals surface area contributed by atoms with Gasteiger partial charge in [-0.15, -0.1) is 23.1 Å². The Hall–Kier alpha value is -3.63. The van der Waals surface area contributed by atoms with Crippen LogP contribution in [0, 0.1) is 0 Å². The van der Waals surface area contributed by atoms with Crippen molar-refractivity contribution in [3.05, 3.63) is 52.2 Å². The molecule has 0 saturated carbocycles. The lowest BCUT2D eigenvalue weighted by molar-refractivity contribution is -0.150. The number of β-lactam (4-membered cyclic amide) rings is 1. The molecular weight excluding hydrogens is 544 g/mol. The number of thiazole rings is 1. The van der Waals surface area contributed by atoms with Crippen LogP contribution in [0.5, 0.6) is 0 Å². The molecule has 3 heterocycles. The summed E-state index contributed by atoms with van der Waals surface area (Å²) < 4.78 is 25.5. The first-order valence-corrected chi connectivity index (χ1v) is 14.4. The van der Waals surface area contributed by atoms with E-state index >= 15 is 0 Å². The van der Waals surface area contributed by atoms with E-state index in [0.717, 1.165) is 22.5 Å². The molecule has 0 spiro atoms. The largest absolute Gasteiger partial charge is 0.477 e. The summed E-state index contributed by atoms with van der Waals surface area (Å²) >= 11 is 2.41. The van der Waals surface area contributed by atoms with Gasteiger partial charge in [-0.2, -0.15) is 0 Å². The van der Waals surface area contributed by atoms with Gasteiger partial charge in [-0.05, 0) is 29.7 Å². The number of carbonyl (C=O) groups excluding carboxylic acids is 2. The van der Waals surface area contributed by atoms with Crippen LogP contribution in [0.1, 0.15) is 11.3 Å². The van der Waals surface area contributed by atoms with Crippen molar-refractivity contribution in [2.75, 3.05) is 29.6 Å². The Kier molecular flexibility index (Phi) is 7.42. The Morgan fingerprint density at radius 2 is 2.14 bits per heavy atom. The van der Waals surface area contributed by atoms with Crippen molar-refractivity contribution < 1.29 is 32.7 Å². The second-order valence-electron chi connectivity index (χ2n) is 8.06. The van der Waals surface area contributed by atoms with Gasteiger partial charge < -0.3 is 21.0 Å². The van der Waals surface area contributed by atoms with Gasteiger partial charge in [0.2, 0.25) is 10.0 Å². The fourth-order valence-electron chi connectivity index (χ4n) is 3.93. The number of hydrogen-bond acceptors (Lipinski definition) is 11. The van der Waals surface area contributed by atoms with Crippen LogP contribution in [-0.2, 0) is 35.7 Å². The second-order valence-corrected chi connectivity index (χ2v) is 11.8. The van der Waals surface area contributed by atoms with Gasteiger partial charge >= 0.3 is 5.97 Å². The predicted molar refractivity (Wildman–Crippen MR) is 138 cm³/mol. The fraction of sp³-hybridized carbons (Fsp3) is 0.286. The van der Waals surface area contributed by atoms with E-state index < -0.39 is 39.2 Å². The number of rotatable bonds is 9. The van der Waals surface area contributed by atoms with Gasteiger partial charge in [0.15, 0.2) is 10.8 Å². The molecule has 1 aromatic carbocycles. The molecule has 0 radical (unpaired) electrons. The zero-order valence-corrected chi connectivity index (χ0v) is 21.9. The average molecular weight is 567 g/mol.